The van der Waals surface area contributed by atoms with E-state index in [1.165, 1.54) is 0 Å². The summed E-state index contributed by atoms with van der Waals surface area (Å²) in [5.41, 5.74) is 0.976. The molecule has 1 aromatic carbocycles. The van der Waals surface area contributed by atoms with E-state index in [4.69, 9.17) is 16.3 Å². The predicted octanol–water partition coefficient (Wildman–Crippen LogP) is 1.83. The first kappa shape index (κ1) is 13.4. The Bertz CT molecular complexity index is 413. The van der Waals surface area contributed by atoms with Crippen molar-refractivity contribution >= 4 is 21.7 Å². The third kappa shape index (κ3) is 6.07. The zero-order valence-corrected chi connectivity index (χ0v) is 10.4. The maximum absolute atomic E-state index is 10.6. The monoisotopic (exact) mass is 264 g/mol. The third-order valence-corrected chi connectivity index (χ3v) is 2.55. The Morgan fingerprint density at radius 3 is 2.38 bits per heavy atom. The van der Waals surface area contributed by atoms with Crippen molar-refractivity contribution in [1.82, 2.24) is 0 Å². The summed E-state index contributed by atoms with van der Waals surface area (Å²) >= 11 is 5.72. The number of hydrogen-bond acceptors (Lipinski definition) is 4. The average Bonchev–Trinajstić information content (AvgIpc) is 2.19. The van der Waals surface area contributed by atoms with Crippen LogP contribution in [0.2, 0.25) is 5.02 Å². The Hall–Kier alpha value is -0.620. The molecule has 90 valence electrons. The lowest BCUT2D eigenvalue weighted by molar-refractivity contribution is 0.0911. The van der Waals surface area contributed by atoms with E-state index in [0.717, 1.165) is 11.8 Å². The minimum atomic E-state index is -3.37. The first-order valence-corrected chi connectivity index (χ1v) is 6.83. The molecule has 0 heterocycles. The lowest BCUT2D eigenvalue weighted by atomic mass is 10.2. The van der Waals surface area contributed by atoms with Crippen molar-refractivity contribution < 1.29 is 17.3 Å². The summed E-state index contributed by atoms with van der Waals surface area (Å²) in [6.45, 7) is 0.673. The van der Waals surface area contributed by atoms with Gasteiger partial charge in [0.25, 0.3) is 10.1 Å². The molecule has 0 bridgehead atoms. The summed E-state index contributed by atoms with van der Waals surface area (Å²) < 4.78 is 31.0. The van der Waals surface area contributed by atoms with E-state index in [-0.39, 0.29) is 13.2 Å². The molecular weight excluding hydrogens is 252 g/mol. The summed E-state index contributed by atoms with van der Waals surface area (Å²) in [5.74, 6) is 0. The van der Waals surface area contributed by atoms with Gasteiger partial charge in [0.05, 0.1) is 26.1 Å². The van der Waals surface area contributed by atoms with E-state index in [1.54, 1.807) is 12.1 Å². The molecule has 0 fully saturated rings. The van der Waals surface area contributed by atoms with Gasteiger partial charge in [0.1, 0.15) is 0 Å². The molecule has 0 amide bonds. The van der Waals surface area contributed by atoms with Crippen molar-refractivity contribution in [2.45, 2.75) is 6.61 Å². The van der Waals surface area contributed by atoms with Crippen LogP contribution in [0.25, 0.3) is 0 Å². The Morgan fingerprint density at radius 1 is 1.19 bits per heavy atom. The van der Waals surface area contributed by atoms with Crippen molar-refractivity contribution in [1.29, 1.82) is 0 Å². The summed E-state index contributed by atoms with van der Waals surface area (Å²) in [4.78, 5) is 0. The van der Waals surface area contributed by atoms with Gasteiger partial charge in [0.15, 0.2) is 0 Å². The highest BCUT2D eigenvalue weighted by atomic mass is 35.5. The van der Waals surface area contributed by atoms with Crippen LogP contribution in [0, 0.1) is 0 Å². The quantitative estimate of drug-likeness (QED) is 0.581. The van der Waals surface area contributed by atoms with E-state index in [1.807, 2.05) is 12.1 Å². The molecule has 0 spiro atoms. The van der Waals surface area contributed by atoms with E-state index in [0.29, 0.717) is 11.6 Å². The van der Waals surface area contributed by atoms with Crippen molar-refractivity contribution in [2.75, 3.05) is 19.5 Å². The largest absolute Gasteiger partial charge is 0.374 e. The van der Waals surface area contributed by atoms with Crippen LogP contribution in [-0.4, -0.2) is 27.9 Å². The van der Waals surface area contributed by atoms with Crippen LogP contribution >= 0.6 is 11.6 Å². The van der Waals surface area contributed by atoms with Gasteiger partial charge in [0, 0.05) is 5.02 Å². The Balaban J connectivity index is 2.19. The second kappa shape index (κ2) is 6.20. The zero-order chi connectivity index (χ0) is 12.0. The first-order chi connectivity index (χ1) is 7.47. The second-order valence-corrected chi connectivity index (χ2v) is 5.29. The lowest BCUT2D eigenvalue weighted by Gasteiger charge is -2.04. The highest BCUT2D eigenvalue weighted by Gasteiger charge is 2.00. The first-order valence-electron chi connectivity index (χ1n) is 4.64. The number of benzene rings is 1. The highest BCUT2D eigenvalue weighted by Crippen LogP contribution is 2.10. The predicted molar refractivity (Wildman–Crippen MR) is 61.9 cm³/mol. The third-order valence-electron chi connectivity index (χ3n) is 1.71. The molecule has 4 nitrogen and oxygen atoms in total. The fraction of sp³-hybridized carbons (Fsp3) is 0.400. The second-order valence-electron chi connectivity index (χ2n) is 3.21. The lowest BCUT2D eigenvalue weighted by Crippen LogP contribution is -2.09. The molecule has 6 heteroatoms. The number of rotatable bonds is 6. The van der Waals surface area contributed by atoms with Crippen LogP contribution in [0.5, 0.6) is 0 Å². The Labute approximate surface area is 100 Å². The Morgan fingerprint density at radius 2 is 1.81 bits per heavy atom. The highest BCUT2D eigenvalue weighted by molar-refractivity contribution is 7.85. The maximum Gasteiger partial charge on any atom is 0.264 e. The number of ether oxygens (including phenoxy) is 1. The van der Waals surface area contributed by atoms with Crippen LogP contribution in [-0.2, 0) is 25.6 Å². The molecule has 0 aromatic heterocycles. The Kier molecular flexibility index (Phi) is 5.21. The minimum absolute atomic E-state index is 0.0341. The molecule has 0 aliphatic rings. The van der Waals surface area contributed by atoms with E-state index >= 15 is 0 Å². The smallest absolute Gasteiger partial charge is 0.264 e. The van der Waals surface area contributed by atoms with E-state index in [9.17, 15) is 8.42 Å². The van der Waals surface area contributed by atoms with Crippen LogP contribution in [0.3, 0.4) is 0 Å². The van der Waals surface area contributed by atoms with Gasteiger partial charge in [-0.05, 0) is 17.7 Å². The topological polar surface area (TPSA) is 52.6 Å². The van der Waals surface area contributed by atoms with Crippen LogP contribution in [0.15, 0.2) is 24.3 Å². The van der Waals surface area contributed by atoms with E-state index < -0.39 is 10.1 Å². The van der Waals surface area contributed by atoms with Gasteiger partial charge in [-0.25, -0.2) is 0 Å². The molecule has 0 aliphatic carbocycles. The van der Waals surface area contributed by atoms with Gasteiger partial charge >= 0.3 is 0 Å². The number of hydrogen-bond donors (Lipinski definition) is 0. The average molecular weight is 265 g/mol. The van der Waals surface area contributed by atoms with Crippen LogP contribution in [0.1, 0.15) is 5.56 Å². The van der Waals surface area contributed by atoms with Gasteiger partial charge in [-0.15, -0.1) is 0 Å². The fourth-order valence-corrected chi connectivity index (χ4v) is 1.51. The van der Waals surface area contributed by atoms with Gasteiger partial charge in [-0.2, -0.15) is 8.42 Å². The minimum Gasteiger partial charge on any atom is -0.374 e. The molecule has 1 aromatic rings. The summed E-state index contributed by atoms with van der Waals surface area (Å²) in [6, 6.07) is 7.24. The molecular formula is C10H13ClO4S. The summed E-state index contributed by atoms with van der Waals surface area (Å²) in [6.07, 6.45) is 1.01. The standard InChI is InChI=1S/C10H13ClO4S/c1-16(12,13)15-7-6-14-8-9-2-4-10(11)5-3-9/h2-5H,6-8H2,1H3. The molecule has 0 atom stereocenters. The van der Waals surface area contributed by atoms with Crippen molar-refractivity contribution in [3.8, 4) is 0 Å². The van der Waals surface area contributed by atoms with E-state index in [2.05, 4.69) is 4.18 Å². The normalized spacial score (nSPS) is 11.6. The summed E-state index contributed by atoms with van der Waals surface area (Å²) in [5, 5.41) is 0.671. The molecule has 16 heavy (non-hydrogen) atoms. The zero-order valence-electron chi connectivity index (χ0n) is 8.85. The molecule has 0 radical (unpaired) electrons. The van der Waals surface area contributed by atoms with Gasteiger partial charge in [-0.1, -0.05) is 23.7 Å². The van der Waals surface area contributed by atoms with Gasteiger partial charge < -0.3 is 4.74 Å². The van der Waals surface area contributed by atoms with Crippen molar-refractivity contribution in [3.63, 3.8) is 0 Å². The molecule has 0 saturated heterocycles. The van der Waals surface area contributed by atoms with Gasteiger partial charge in [-0.3, -0.25) is 4.18 Å². The van der Waals surface area contributed by atoms with Gasteiger partial charge in [0.2, 0.25) is 0 Å². The molecule has 1 rings (SSSR count). The fourth-order valence-electron chi connectivity index (χ4n) is 1.01. The summed E-state index contributed by atoms with van der Waals surface area (Å²) in [7, 11) is -3.37. The van der Waals surface area contributed by atoms with Crippen molar-refractivity contribution in [3.05, 3.63) is 34.9 Å². The van der Waals surface area contributed by atoms with Crippen LogP contribution in [0.4, 0.5) is 0 Å². The molecule has 0 aliphatic heterocycles. The van der Waals surface area contributed by atoms with Crippen molar-refractivity contribution in [2.24, 2.45) is 0 Å². The molecule has 0 saturated carbocycles. The molecule has 0 unspecified atom stereocenters. The number of halogens is 1. The molecule has 0 N–H and O–H groups in total. The SMILES string of the molecule is CS(=O)(=O)OCCOCc1ccc(Cl)cc1. The van der Waals surface area contributed by atoms with Crippen LogP contribution < -0.4 is 0 Å². The maximum atomic E-state index is 10.6.